The SMILES string of the molecule is Cc1cc(F)ccc1Cc1noc(CCc2nccn2C)n1. The molecule has 0 radical (unpaired) electrons. The third-order valence-electron chi connectivity index (χ3n) is 3.65. The fourth-order valence-electron chi connectivity index (χ4n) is 2.35. The monoisotopic (exact) mass is 300 g/mol. The molecular weight excluding hydrogens is 283 g/mol. The van der Waals surface area contributed by atoms with E-state index < -0.39 is 0 Å². The van der Waals surface area contributed by atoms with Gasteiger partial charge in [-0.05, 0) is 30.2 Å². The van der Waals surface area contributed by atoms with Gasteiger partial charge in [0.05, 0.1) is 0 Å². The van der Waals surface area contributed by atoms with Crippen molar-refractivity contribution in [1.82, 2.24) is 19.7 Å². The number of nitrogens with zero attached hydrogens (tertiary/aromatic N) is 4. The van der Waals surface area contributed by atoms with Crippen LogP contribution in [0, 0.1) is 12.7 Å². The third kappa shape index (κ3) is 3.21. The molecule has 0 aliphatic carbocycles. The van der Waals surface area contributed by atoms with Crippen LogP contribution < -0.4 is 0 Å². The minimum absolute atomic E-state index is 0.231. The van der Waals surface area contributed by atoms with Crippen molar-refractivity contribution in [3.8, 4) is 0 Å². The van der Waals surface area contributed by atoms with Crippen LogP contribution in [0.15, 0.2) is 35.1 Å². The molecule has 0 aliphatic rings. The molecule has 0 spiro atoms. The maximum atomic E-state index is 13.1. The van der Waals surface area contributed by atoms with Crippen molar-refractivity contribution in [2.24, 2.45) is 7.05 Å². The van der Waals surface area contributed by atoms with Gasteiger partial charge in [-0.2, -0.15) is 4.98 Å². The molecule has 5 nitrogen and oxygen atoms in total. The van der Waals surface area contributed by atoms with Crippen molar-refractivity contribution in [3.05, 3.63) is 65.1 Å². The summed E-state index contributed by atoms with van der Waals surface area (Å²) in [7, 11) is 1.96. The van der Waals surface area contributed by atoms with E-state index in [4.69, 9.17) is 4.52 Å². The van der Waals surface area contributed by atoms with Crippen LogP contribution in [0.5, 0.6) is 0 Å². The van der Waals surface area contributed by atoms with E-state index in [1.54, 1.807) is 12.3 Å². The van der Waals surface area contributed by atoms with Crippen LogP contribution in [0.4, 0.5) is 4.39 Å². The van der Waals surface area contributed by atoms with Gasteiger partial charge in [0.2, 0.25) is 5.89 Å². The standard InChI is InChI=1S/C16H17FN4O/c1-11-9-13(17)4-3-12(11)10-14-19-16(22-20-14)6-5-15-18-7-8-21(15)2/h3-4,7-9H,5-6,10H2,1-2H3. The summed E-state index contributed by atoms with van der Waals surface area (Å²) in [6, 6.07) is 4.72. The molecule has 22 heavy (non-hydrogen) atoms. The molecule has 6 heteroatoms. The van der Waals surface area contributed by atoms with Gasteiger partial charge in [-0.25, -0.2) is 9.37 Å². The number of benzene rings is 1. The van der Waals surface area contributed by atoms with Gasteiger partial charge in [0.1, 0.15) is 11.6 Å². The van der Waals surface area contributed by atoms with E-state index in [0.717, 1.165) is 23.4 Å². The predicted octanol–water partition coefficient (Wildman–Crippen LogP) is 2.63. The topological polar surface area (TPSA) is 56.7 Å². The second kappa shape index (κ2) is 6.09. The van der Waals surface area contributed by atoms with Crippen LogP contribution in [0.2, 0.25) is 0 Å². The predicted molar refractivity (Wildman–Crippen MR) is 78.9 cm³/mol. The van der Waals surface area contributed by atoms with Gasteiger partial charge in [-0.3, -0.25) is 0 Å². The summed E-state index contributed by atoms with van der Waals surface area (Å²) in [5.74, 6) is 1.96. The molecule has 2 aromatic heterocycles. The highest BCUT2D eigenvalue weighted by Crippen LogP contribution is 2.14. The molecule has 0 aliphatic heterocycles. The lowest BCUT2D eigenvalue weighted by molar-refractivity contribution is 0.372. The van der Waals surface area contributed by atoms with Crippen LogP contribution in [0.3, 0.4) is 0 Å². The smallest absolute Gasteiger partial charge is 0.227 e. The summed E-state index contributed by atoms with van der Waals surface area (Å²) in [5, 5.41) is 3.99. The quantitative estimate of drug-likeness (QED) is 0.727. The first-order valence-electron chi connectivity index (χ1n) is 7.14. The maximum Gasteiger partial charge on any atom is 0.227 e. The Labute approximate surface area is 127 Å². The fourth-order valence-corrected chi connectivity index (χ4v) is 2.35. The second-order valence-corrected chi connectivity index (χ2v) is 5.31. The van der Waals surface area contributed by atoms with Crippen molar-refractivity contribution in [3.63, 3.8) is 0 Å². The first kappa shape index (κ1) is 14.4. The van der Waals surface area contributed by atoms with Crippen molar-refractivity contribution in [2.45, 2.75) is 26.2 Å². The van der Waals surface area contributed by atoms with Crippen molar-refractivity contribution >= 4 is 0 Å². The number of imidazole rings is 1. The summed E-state index contributed by atoms with van der Waals surface area (Å²) in [6.07, 6.45) is 5.62. The van der Waals surface area contributed by atoms with Gasteiger partial charge in [0, 0.05) is 38.7 Å². The maximum absolute atomic E-state index is 13.1. The third-order valence-corrected chi connectivity index (χ3v) is 3.65. The van der Waals surface area contributed by atoms with Gasteiger partial charge in [0.25, 0.3) is 0 Å². The van der Waals surface area contributed by atoms with Crippen LogP contribution in [0.1, 0.15) is 28.7 Å². The van der Waals surface area contributed by atoms with Crippen molar-refractivity contribution in [1.29, 1.82) is 0 Å². The summed E-state index contributed by atoms with van der Waals surface area (Å²) in [6.45, 7) is 1.88. The van der Waals surface area contributed by atoms with Crippen molar-refractivity contribution in [2.75, 3.05) is 0 Å². The zero-order valence-electron chi connectivity index (χ0n) is 12.6. The van der Waals surface area contributed by atoms with Gasteiger partial charge >= 0.3 is 0 Å². The average molecular weight is 300 g/mol. The molecule has 1 aromatic carbocycles. The van der Waals surface area contributed by atoms with Gasteiger partial charge in [0.15, 0.2) is 5.82 Å². The molecule has 0 atom stereocenters. The Morgan fingerprint density at radius 3 is 2.86 bits per heavy atom. The Morgan fingerprint density at radius 2 is 2.14 bits per heavy atom. The van der Waals surface area contributed by atoms with Crippen LogP contribution in [-0.4, -0.2) is 19.7 Å². The molecule has 114 valence electrons. The number of halogens is 1. The van der Waals surface area contributed by atoms with Gasteiger partial charge in [-0.1, -0.05) is 11.2 Å². The van der Waals surface area contributed by atoms with E-state index in [2.05, 4.69) is 15.1 Å². The molecule has 0 N–H and O–H groups in total. The number of hydrogen-bond donors (Lipinski definition) is 0. The molecule has 0 saturated heterocycles. The Morgan fingerprint density at radius 1 is 1.27 bits per heavy atom. The van der Waals surface area contributed by atoms with E-state index in [9.17, 15) is 4.39 Å². The zero-order valence-corrected chi connectivity index (χ0v) is 12.6. The van der Waals surface area contributed by atoms with E-state index in [1.807, 2.05) is 24.7 Å². The summed E-state index contributed by atoms with van der Waals surface area (Å²) < 4.78 is 20.3. The number of aryl methyl sites for hydroxylation is 4. The molecule has 0 amide bonds. The minimum atomic E-state index is -0.231. The Kier molecular flexibility index (Phi) is 4.00. The zero-order chi connectivity index (χ0) is 15.5. The largest absolute Gasteiger partial charge is 0.339 e. The lowest BCUT2D eigenvalue weighted by Crippen LogP contribution is -2.00. The van der Waals surface area contributed by atoms with Crippen LogP contribution in [0.25, 0.3) is 0 Å². The highest BCUT2D eigenvalue weighted by Gasteiger charge is 2.10. The van der Waals surface area contributed by atoms with Crippen molar-refractivity contribution < 1.29 is 8.91 Å². The molecule has 0 bridgehead atoms. The Bertz CT molecular complexity index is 778. The molecule has 3 rings (SSSR count). The summed E-state index contributed by atoms with van der Waals surface area (Å²) >= 11 is 0. The van der Waals surface area contributed by atoms with E-state index in [1.165, 1.54) is 12.1 Å². The fraction of sp³-hybridized carbons (Fsp3) is 0.312. The molecule has 3 aromatic rings. The summed E-state index contributed by atoms with van der Waals surface area (Å²) in [4.78, 5) is 8.65. The average Bonchev–Trinajstić information content (AvgIpc) is 3.09. The first-order chi connectivity index (χ1) is 10.6. The molecule has 0 fully saturated rings. The molecule has 0 unspecified atom stereocenters. The molecule has 2 heterocycles. The second-order valence-electron chi connectivity index (χ2n) is 5.31. The van der Waals surface area contributed by atoms with Gasteiger partial charge < -0.3 is 9.09 Å². The highest BCUT2D eigenvalue weighted by atomic mass is 19.1. The minimum Gasteiger partial charge on any atom is -0.339 e. The van der Waals surface area contributed by atoms with E-state index >= 15 is 0 Å². The van der Waals surface area contributed by atoms with Crippen LogP contribution >= 0.6 is 0 Å². The first-order valence-corrected chi connectivity index (χ1v) is 7.14. The highest BCUT2D eigenvalue weighted by molar-refractivity contribution is 5.28. The van der Waals surface area contributed by atoms with E-state index in [0.29, 0.717) is 24.6 Å². The molecule has 0 saturated carbocycles. The normalized spacial score (nSPS) is 11.0. The lowest BCUT2D eigenvalue weighted by atomic mass is 10.1. The number of aromatic nitrogens is 4. The number of rotatable bonds is 5. The van der Waals surface area contributed by atoms with E-state index in [-0.39, 0.29) is 5.82 Å². The Hall–Kier alpha value is -2.50. The summed E-state index contributed by atoms with van der Waals surface area (Å²) in [5.41, 5.74) is 1.89. The molecular formula is C16H17FN4O. The van der Waals surface area contributed by atoms with Crippen LogP contribution in [-0.2, 0) is 26.3 Å². The lowest BCUT2D eigenvalue weighted by Gasteiger charge is -2.02. The number of hydrogen-bond acceptors (Lipinski definition) is 4. The van der Waals surface area contributed by atoms with Gasteiger partial charge in [-0.15, -0.1) is 0 Å². The Balaban J connectivity index is 1.65.